The van der Waals surface area contributed by atoms with Crippen LogP contribution in [-0.4, -0.2) is 98.9 Å². The first-order valence-corrected chi connectivity index (χ1v) is 17.8. The second kappa shape index (κ2) is 20.6. The Kier molecular flexibility index (Phi) is 15.2. The Labute approximate surface area is 327 Å². The Hall–Kier alpha value is -6.24. The van der Waals surface area contributed by atoms with E-state index in [0.29, 0.717) is 5.56 Å². The second-order valence-electron chi connectivity index (χ2n) is 13.0. The lowest BCUT2D eigenvalue weighted by Gasteiger charge is -2.30. The van der Waals surface area contributed by atoms with Crippen LogP contribution in [0.4, 0.5) is 14.4 Å². The van der Waals surface area contributed by atoms with E-state index in [2.05, 4.69) is 16.0 Å². The first-order chi connectivity index (χ1) is 27.4. The maximum absolute atomic E-state index is 13.1. The molecule has 2 aliphatic rings. The monoisotopic (exact) mass is 793 g/mol. The van der Waals surface area contributed by atoms with Crippen LogP contribution in [0.25, 0.3) is 0 Å². The number of alkyl carbamates (subject to hydrolysis) is 3. The molecule has 0 unspecified atom stereocenters. The zero-order chi connectivity index (χ0) is 40.6. The van der Waals surface area contributed by atoms with Crippen molar-refractivity contribution in [1.82, 2.24) is 16.0 Å². The first kappa shape index (κ1) is 41.9. The van der Waals surface area contributed by atoms with Gasteiger partial charge in [-0.15, -0.1) is 0 Å². The fourth-order valence-corrected chi connectivity index (χ4v) is 5.52. The molecule has 0 aromatic heterocycles. The van der Waals surface area contributed by atoms with Crippen molar-refractivity contribution in [3.63, 3.8) is 0 Å². The Bertz CT molecular complexity index is 1810. The van der Waals surface area contributed by atoms with E-state index >= 15 is 0 Å². The number of amides is 3. The molecule has 0 spiro atoms. The highest BCUT2D eigenvalue weighted by Crippen LogP contribution is 2.40. The van der Waals surface area contributed by atoms with Crippen molar-refractivity contribution in [2.24, 2.45) is 0 Å². The van der Waals surface area contributed by atoms with Crippen molar-refractivity contribution >= 4 is 36.2 Å². The van der Waals surface area contributed by atoms with E-state index in [1.54, 1.807) is 92.7 Å². The van der Waals surface area contributed by atoms with Gasteiger partial charge in [0, 0.05) is 0 Å². The number of carbonyl (C=O) groups is 6. The van der Waals surface area contributed by atoms with E-state index < -0.39 is 98.9 Å². The maximum atomic E-state index is 13.1. The molecule has 57 heavy (non-hydrogen) atoms. The molecule has 2 aliphatic heterocycles. The zero-order valence-corrected chi connectivity index (χ0v) is 31.1. The fraction of sp³-hybridized carbons (Fsp3) is 0.385. The van der Waals surface area contributed by atoms with Crippen molar-refractivity contribution in [2.75, 3.05) is 26.2 Å². The van der Waals surface area contributed by atoms with Gasteiger partial charge in [-0.1, -0.05) is 91.0 Å². The maximum Gasteiger partial charge on any atom is 0.407 e. The van der Waals surface area contributed by atoms with Crippen molar-refractivity contribution < 1.29 is 71.4 Å². The molecular weight excluding hydrogens is 750 g/mol. The molecule has 3 amide bonds. The molecule has 3 aromatic rings. The number of hydrogen-bond acceptors (Lipinski definition) is 15. The molecule has 5 rings (SSSR count). The van der Waals surface area contributed by atoms with Crippen LogP contribution >= 0.6 is 0 Å². The summed E-state index contributed by atoms with van der Waals surface area (Å²) in [6.07, 6.45) is -9.07. The van der Waals surface area contributed by atoms with Gasteiger partial charge in [0.1, 0.15) is 52.2 Å². The number of benzene rings is 3. The highest BCUT2D eigenvalue weighted by Gasteiger charge is 2.59. The van der Waals surface area contributed by atoms with Crippen molar-refractivity contribution in [3.8, 4) is 0 Å². The number of hydrogen-bond donors (Lipinski definition) is 3. The van der Waals surface area contributed by atoms with E-state index in [1.807, 2.05) is 12.1 Å². The van der Waals surface area contributed by atoms with Gasteiger partial charge in [0.2, 0.25) is 0 Å². The number of esters is 3. The van der Waals surface area contributed by atoms with Crippen molar-refractivity contribution in [2.45, 2.75) is 70.2 Å². The third-order valence-corrected chi connectivity index (χ3v) is 8.12. The van der Waals surface area contributed by atoms with Crippen molar-refractivity contribution in [1.29, 1.82) is 0 Å². The topological polar surface area (TPSA) is 222 Å². The lowest BCUT2D eigenvalue weighted by atomic mass is 10.1. The Morgan fingerprint density at radius 3 is 1.51 bits per heavy atom. The highest BCUT2D eigenvalue weighted by atomic mass is 16.8. The molecule has 304 valence electrons. The number of carbonyl (C=O) groups excluding carboxylic acids is 6. The van der Waals surface area contributed by atoms with Crippen molar-refractivity contribution in [3.05, 3.63) is 108 Å². The summed E-state index contributed by atoms with van der Waals surface area (Å²) in [6, 6.07) is 26.6. The number of ether oxygens (including phenoxy) is 9. The molecule has 0 saturated carbocycles. The summed E-state index contributed by atoms with van der Waals surface area (Å²) >= 11 is 0. The van der Waals surface area contributed by atoms with E-state index in [-0.39, 0.29) is 19.8 Å². The third-order valence-electron chi connectivity index (χ3n) is 8.12. The molecule has 0 radical (unpaired) electrons. The number of fused-ring (bicyclic) bond motifs is 1. The summed E-state index contributed by atoms with van der Waals surface area (Å²) < 4.78 is 49.8. The minimum Gasteiger partial charge on any atom is -0.460 e. The Balaban J connectivity index is 1.20. The van der Waals surface area contributed by atoms with E-state index in [4.69, 9.17) is 42.6 Å². The molecule has 3 N–H and O–H groups in total. The van der Waals surface area contributed by atoms with Gasteiger partial charge in [0.15, 0.2) is 30.4 Å². The summed E-state index contributed by atoms with van der Waals surface area (Å²) in [5.74, 6) is -4.07. The van der Waals surface area contributed by atoms with Gasteiger partial charge in [-0.3, -0.25) is 14.4 Å². The average molecular weight is 794 g/mol. The van der Waals surface area contributed by atoms with Crippen LogP contribution in [0.5, 0.6) is 0 Å². The number of nitrogens with one attached hydrogen (secondary N) is 3. The molecule has 2 fully saturated rings. The Morgan fingerprint density at radius 1 is 0.596 bits per heavy atom. The van der Waals surface area contributed by atoms with Crippen LogP contribution in [0.1, 0.15) is 30.5 Å². The normalized spacial score (nSPS) is 19.5. The lowest BCUT2D eigenvalue weighted by Crippen LogP contribution is -2.49. The van der Waals surface area contributed by atoms with Gasteiger partial charge in [0.05, 0.1) is 0 Å². The first-order valence-electron chi connectivity index (χ1n) is 17.8. The quantitative estimate of drug-likeness (QED) is 0.132. The predicted octanol–water partition coefficient (Wildman–Crippen LogP) is 3.01. The van der Waals surface area contributed by atoms with Gasteiger partial charge in [-0.05, 0) is 30.5 Å². The van der Waals surface area contributed by atoms with Crippen LogP contribution < -0.4 is 16.0 Å². The summed E-state index contributed by atoms with van der Waals surface area (Å²) in [7, 11) is 0. The highest BCUT2D eigenvalue weighted by molar-refractivity contribution is 5.79. The molecule has 18 heteroatoms. The summed E-state index contributed by atoms with van der Waals surface area (Å²) in [6.45, 7) is 0.473. The van der Waals surface area contributed by atoms with E-state index in [1.165, 1.54) is 0 Å². The van der Waals surface area contributed by atoms with Gasteiger partial charge in [-0.2, -0.15) is 0 Å². The molecule has 0 bridgehead atoms. The van der Waals surface area contributed by atoms with Gasteiger partial charge in [-0.25, -0.2) is 14.4 Å². The summed E-state index contributed by atoms with van der Waals surface area (Å²) in [5.41, 5.74) is 2.17. The average Bonchev–Trinajstić information content (AvgIpc) is 3.69. The van der Waals surface area contributed by atoms with Crippen LogP contribution in [-0.2, 0) is 76.8 Å². The van der Waals surface area contributed by atoms with E-state index in [0.717, 1.165) is 11.1 Å². The summed E-state index contributed by atoms with van der Waals surface area (Å²) in [4.78, 5) is 75.7. The SMILES string of the molecule is CC1(C)O[C@H]2O[C@H]([C@@H](COC(=O)CNC(=O)OCc3ccccc3)OC(=O)CNC(=O)OCc3ccccc3)[C@@H](OC(=O)CNC(=O)OCc3ccccc3)[C@H]2O1. The predicted molar refractivity (Wildman–Crippen MR) is 193 cm³/mol. The Morgan fingerprint density at radius 2 is 1.04 bits per heavy atom. The molecular formula is C39H43N3O15. The fourth-order valence-electron chi connectivity index (χ4n) is 5.52. The lowest BCUT2D eigenvalue weighted by molar-refractivity contribution is -0.234. The molecule has 18 nitrogen and oxygen atoms in total. The molecule has 5 atom stereocenters. The smallest absolute Gasteiger partial charge is 0.407 e. The van der Waals surface area contributed by atoms with Crippen LogP contribution in [0.3, 0.4) is 0 Å². The van der Waals surface area contributed by atoms with Crippen LogP contribution in [0.2, 0.25) is 0 Å². The van der Waals surface area contributed by atoms with Gasteiger partial charge in [0.25, 0.3) is 0 Å². The van der Waals surface area contributed by atoms with Crippen LogP contribution in [0.15, 0.2) is 91.0 Å². The number of rotatable bonds is 17. The van der Waals surface area contributed by atoms with Crippen LogP contribution in [0, 0.1) is 0 Å². The third kappa shape index (κ3) is 13.8. The van der Waals surface area contributed by atoms with Gasteiger partial charge >= 0.3 is 36.2 Å². The van der Waals surface area contributed by atoms with Gasteiger partial charge < -0.3 is 58.6 Å². The van der Waals surface area contributed by atoms with E-state index in [9.17, 15) is 28.8 Å². The molecule has 0 aliphatic carbocycles. The second-order valence-corrected chi connectivity index (χ2v) is 13.0. The summed E-state index contributed by atoms with van der Waals surface area (Å²) in [5, 5.41) is 6.86. The molecule has 2 saturated heterocycles. The standard InChI is InChI=1S/C39H43N3O15/c1-39(2)56-34-33(54-31(45)20-42-38(48)52-23-27-16-10-5-11-17-27)32(55-35(34)57-39)28(53-30(44)19-41-37(47)51-22-26-14-8-4-9-15-26)24-49-29(43)18-40-36(46)50-21-25-12-6-3-7-13-25/h3-17,28,32-35H,18-24H2,1-2H3,(H,40,46)(H,41,47)(H,42,48)/t28-,32-,33-,34-,35-/m1/s1. The largest absolute Gasteiger partial charge is 0.460 e. The zero-order valence-electron chi connectivity index (χ0n) is 31.1. The molecule has 3 aromatic carbocycles. The minimum absolute atomic E-state index is 0.0413. The molecule has 2 heterocycles. The minimum atomic E-state index is -1.49.